The molecule has 1 aromatic heterocycles. The summed E-state index contributed by atoms with van der Waals surface area (Å²) in [4.78, 5) is 44.2. The molecule has 4 aromatic rings. The Balaban J connectivity index is 1.58. The summed E-state index contributed by atoms with van der Waals surface area (Å²) < 4.78 is 4.94. The second-order valence-corrected chi connectivity index (χ2v) is 7.51. The van der Waals surface area contributed by atoms with Crippen LogP contribution in [0, 0.1) is 0 Å². The second-order valence-electron chi connectivity index (χ2n) is 7.51. The number of nitrogens with zero attached hydrogens (tertiary/aromatic N) is 1. The fourth-order valence-corrected chi connectivity index (χ4v) is 3.52. The van der Waals surface area contributed by atoms with Crippen LogP contribution < -0.4 is 26.8 Å². The molecule has 0 aliphatic heterocycles. The van der Waals surface area contributed by atoms with Gasteiger partial charge in [-0.05, 0) is 35.9 Å². The Morgan fingerprint density at radius 1 is 1.15 bits per heavy atom. The topological polar surface area (TPSA) is 145 Å². The van der Waals surface area contributed by atoms with Crippen LogP contribution in [0.2, 0.25) is 0 Å². The number of amides is 1. The summed E-state index contributed by atoms with van der Waals surface area (Å²) in [6.07, 6.45) is 1.54. The Labute approximate surface area is 188 Å². The number of hydrogen-bond donors (Lipinski definition) is 5. The van der Waals surface area contributed by atoms with E-state index in [0.29, 0.717) is 24.4 Å². The van der Waals surface area contributed by atoms with E-state index in [2.05, 4.69) is 25.9 Å². The minimum Gasteiger partial charge on any atom is -0.508 e. The van der Waals surface area contributed by atoms with Gasteiger partial charge in [0.05, 0.1) is 36.4 Å². The minimum absolute atomic E-state index is 0.0223. The third kappa shape index (κ3) is 4.85. The summed E-state index contributed by atoms with van der Waals surface area (Å²) in [7, 11) is 1.54. The molecule has 0 aliphatic carbocycles. The van der Waals surface area contributed by atoms with E-state index in [1.807, 2.05) is 0 Å². The summed E-state index contributed by atoms with van der Waals surface area (Å²) in [6, 6.07) is 11.0. The van der Waals surface area contributed by atoms with Gasteiger partial charge >= 0.3 is 0 Å². The fraction of sp³-hybridized carbons (Fsp3) is 0.217. The summed E-state index contributed by atoms with van der Waals surface area (Å²) in [6.45, 7) is 0.702. The Morgan fingerprint density at radius 2 is 1.97 bits per heavy atom. The Bertz CT molecular complexity index is 1360. The first-order valence-electron chi connectivity index (χ1n) is 10.3. The van der Waals surface area contributed by atoms with Crippen LogP contribution in [0.1, 0.15) is 18.0 Å². The molecule has 33 heavy (non-hydrogen) atoms. The molecule has 1 heterocycles. The molecule has 0 spiro atoms. The fourth-order valence-electron chi connectivity index (χ4n) is 3.52. The molecule has 10 heteroatoms. The normalized spacial score (nSPS) is 12.0. The average molecular weight is 449 g/mol. The molecule has 0 radical (unpaired) electrons. The molecule has 1 atom stereocenters. The van der Waals surface area contributed by atoms with E-state index in [9.17, 15) is 19.5 Å². The number of rotatable bonds is 10. The third-order valence-corrected chi connectivity index (χ3v) is 5.21. The van der Waals surface area contributed by atoms with Gasteiger partial charge in [0.25, 0.3) is 10.9 Å². The number of carbonyl (C=O) groups is 1. The zero-order valence-corrected chi connectivity index (χ0v) is 17.8. The number of methoxy groups -OCH3 is 1. The molecule has 3 aromatic carbocycles. The Morgan fingerprint density at radius 3 is 2.76 bits per heavy atom. The van der Waals surface area contributed by atoms with Crippen LogP contribution in [0.4, 0.5) is 17.1 Å². The lowest BCUT2D eigenvalue weighted by Gasteiger charge is -2.23. The number of ether oxygens (including phenoxy) is 1. The van der Waals surface area contributed by atoms with Gasteiger partial charge in [-0.3, -0.25) is 14.4 Å². The molecular weight excluding hydrogens is 426 g/mol. The van der Waals surface area contributed by atoms with Crippen molar-refractivity contribution >= 4 is 34.0 Å². The number of phenols is 1. The molecule has 1 unspecified atom stereocenters. The lowest BCUT2D eigenvalue weighted by atomic mass is 10.0. The predicted molar refractivity (Wildman–Crippen MR) is 125 cm³/mol. The Kier molecular flexibility index (Phi) is 6.36. The molecule has 0 saturated carbocycles. The van der Waals surface area contributed by atoms with Crippen molar-refractivity contribution in [1.29, 1.82) is 0 Å². The van der Waals surface area contributed by atoms with E-state index in [1.165, 1.54) is 19.2 Å². The van der Waals surface area contributed by atoms with Gasteiger partial charge in [-0.1, -0.05) is 12.1 Å². The van der Waals surface area contributed by atoms with Crippen LogP contribution in [0.25, 0.3) is 11.0 Å². The number of aromatic hydroxyl groups is 1. The van der Waals surface area contributed by atoms with Gasteiger partial charge in [-0.25, -0.2) is 4.98 Å². The quantitative estimate of drug-likeness (QED) is 0.182. The minimum atomic E-state index is -0.676. The van der Waals surface area contributed by atoms with Crippen molar-refractivity contribution < 1.29 is 14.6 Å². The highest BCUT2D eigenvalue weighted by Crippen LogP contribution is 2.29. The molecule has 0 saturated heterocycles. The number of nitrogens with one attached hydrogen (secondary N) is 4. The zero-order chi connectivity index (χ0) is 23.4. The summed E-state index contributed by atoms with van der Waals surface area (Å²) >= 11 is 0. The van der Waals surface area contributed by atoms with Crippen molar-refractivity contribution in [2.24, 2.45) is 0 Å². The van der Waals surface area contributed by atoms with Gasteiger partial charge in [0.2, 0.25) is 5.91 Å². The van der Waals surface area contributed by atoms with Crippen molar-refractivity contribution in [1.82, 2.24) is 15.3 Å². The van der Waals surface area contributed by atoms with Crippen LogP contribution in [0.15, 0.2) is 58.4 Å². The van der Waals surface area contributed by atoms with Gasteiger partial charge in [0, 0.05) is 19.3 Å². The number of carbonyl (C=O) groups excluding carboxylic acids is 1. The van der Waals surface area contributed by atoms with Crippen LogP contribution >= 0.6 is 0 Å². The van der Waals surface area contributed by atoms with Crippen LogP contribution in [0.3, 0.4) is 0 Å². The van der Waals surface area contributed by atoms with Gasteiger partial charge in [0.15, 0.2) is 0 Å². The molecule has 1 amide bonds. The predicted octanol–water partition coefficient (Wildman–Crippen LogP) is 1.91. The number of H-pyrrole nitrogens is 1. The van der Waals surface area contributed by atoms with E-state index in [-0.39, 0.29) is 29.5 Å². The summed E-state index contributed by atoms with van der Waals surface area (Å²) in [5.41, 5.74) is 1.62. The van der Waals surface area contributed by atoms with Gasteiger partial charge < -0.3 is 30.8 Å². The molecule has 10 nitrogen and oxygen atoms in total. The summed E-state index contributed by atoms with van der Waals surface area (Å²) in [5, 5.41) is 18.6. The third-order valence-electron chi connectivity index (χ3n) is 5.21. The highest BCUT2D eigenvalue weighted by molar-refractivity contribution is 5.84. The molecule has 5 N–H and O–H groups in total. The van der Waals surface area contributed by atoms with E-state index in [1.54, 1.807) is 36.7 Å². The number of anilines is 3. The van der Waals surface area contributed by atoms with Crippen LogP contribution in [-0.2, 0) is 9.53 Å². The Hall–Kier alpha value is -4.18. The zero-order valence-electron chi connectivity index (χ0n) is 17.8. The number of fused-ring (bicyclic) bond motifs is 1. The lowest BCUT2D eigenvalue weighted by Crippen LogP contribution is -2.38. The van der Waals surface area contributed by atoms with E-state index in [4.69, 9.17) is 4.74 Å². The average Bonchev–Trinajstić information content (AvgIpc) is 3.28. The van der Waals surface area contributed by atoms with Crippen molar-refractivity contribution in [2.45, 2.75) is 12.5 Å². The van der Waals surface area contributed by atoms with E-state index >= 15 is 0 Å². The van der Waals surface area contributed by atoms with Crippen molar-refractivity contribution in [2.75, 3.05) is 30.9 Å². The van der Waals surface area contributed by atoms with Gasteiger partial charge in [0.1, 0.15) is 17.1 Å². The van der Waals surface area contributed by atoms with Crippen LogP contribution in [0.5, 0.6) is 5.75 Å². The number of aromatic amines is 1. The highest BCUT2D eigenvalue weighted by atomic mass is 16.5. The first kappa shape index (κ1) is 22.0. The SMILES string of the molecule is COCCNC(=O)CC(Nc1c(Nc2ccc3nc[nH]c3c2)c(=O)c1=O)c1cccc(O)c1. The molecular formula is C23H23N5O5. The number of hydrogen-bond acceptors (Lipinski definition) is 8. The maximum Gasteiger partial charge on any atom is 0.253 e. The number of imidazole rings is 1. The van der Waals surface area contributed by atoms with Gasteiger partial charge in [-0.2, -0.15) is 0 Å². The van der Waals surface area contributed by atoms with Crippen molar-refractivity contribution in [3.05, 3.63) is 74.8 Å². The molecule has 4 rings (SSSR count). The molecule has 0 fully saturated rings. The number of phenolic OH excluding ortho intramolecular Hbond substituents is 1. The molecule has 0 aliphatic rings. The summed E-state index contributed by atoms with van der Waals surface area (Å²) in [5.74, 6) is -0.249. The van der Waals surface area contributed by atoms with Crippen LogP contribution in [-0.4, -0.2) is 41.2 Å². The number of benzene rings is 2. The largest absolute Gasteiger partial charge is 0.508 e. The first-order valence-corrected chi connectivity index (χ1v) is 10.3. The second kappa shape index (κ2) is 9.53. The smallest absolute Gasteiger partial charge is 0.253 e. The van der Waals surface area contributed by atoms with Gasteiger partial charge in [-0.15, -0.1) is 0 Å². The molecule has 170 valence electrons. The molecule has 0 bridgehead atoms. The lowest BCUT2D eigenvalue weighted by molar-refractivity contribution is -0.121. The van der Waals surface area contributed by atoms with Crippen molar-refractivity contribution in [3.63, 3.8) is 0 Å². The number of aromatic nitrogens is 2. The first-order chi connectivity index (χ1) is 16.0. The maximum absolute atomic E-state index is 12.4. The monoisotopic (exact) mass is 449 g/mol. The standard InChI is InChI=1S/C23H23N5O5/c1-33-8-7-24-19(30)11-17(13-3-2-4-15(29)9-13)28-21-20(22(31)23(21)32)27-14-5-6-16-18(10-14)26-12-25-16/h2-6,9-10,12,17,27-29H,7-8,11H2,1H3,(H,24,30)(H,25,26). The van der Waals surface area contributed by atoms with E-state index in [0.717, 1.165) is 11.0 Å². The maximum atomic E-state index is 12.4. The van der Waals surface area contributed by atoms with Crippen molar-refractivity contribution in [3.8, 4) is 5.75 Å². The van der Waals surface area contributed by atoms with E-state index < -0.39 is 16.9 Å². The highest BCUT2D eigenvalue weighted by Gasteiger charge is 2.26.